The molecule has 100 valence electrons. The molecule has 1 unspecified atom stereocenters. The molecule has 0 spiro atoms. The largest absolute Gasteiger partial charge is 0.463 e. The normalized spacial score (nSPS) is 19.1. The average Bonchev–Trinajstić information content (AvgIpc) is 2.99. The number of oxazole rings is 1. The zero-order chi connectivity index (χ0) is 13.0. The van der Waals surface area contributed by atoms with Crippen LogP contribution in [0.3, 0.4) is 0 Å². The average molecular weight is 253 g/mol. The quantitative estimate of drug-likeness (QED) is 0.752. The molecule has 1 atom stereocenters. The molecule has 0 amide bonds. The Morgan fingerprint density at radius 1 is 1.56 bits per heavy atom. The molecule has 1 aliphatic heterocycles. The second-order valence-electron chi connectivity index (χ2n) is 4.46. The zero-order valence-corrected chi connectivity index (χ0v) is 10.9. The van der Waals surface area contributed by atoms with E-state index in [-0.39, 0.29) is 11.9 Å². The van der Waals surface area contributed by atoms with Crippen LogP contribution in [0.15, 0.2) is 4.42 Å². The lowest BCUT2D eigenvalue weighted by molar-refractivity contribution is 0.0557. The lowest BCUT2D eigenvalue weighted by Crippen LogP contribution is -2.08. The Kier molecular flexibility index (Phi) is 4.36. The van der Waals surface area contributed by atoms with Gasteiger partial charge in [0.2, 0.25) is 5.76 Å². The number of rotatable bonds is 5. The molecule has 2 rings (SSSR count). The predicted octanol–water partition coefficient (Wildman–Crippen LogP) is 2.14. The van der Waals surface area contributed by atoms with Gasteiger partial charge in [0.25, 0.3) is 0 Å². The smallest absolute Gasteiger partial charge is 0.375 e. The second-order valence-corrected chi connectivity index (χ2v) is 4.46. The van der Waals surface area contributed by atoms with Gasteiger partial charge in [0.15, 0.2) is 5.89 Å². The summed E-state index contributed by atoms with van der Waals surface area (Å²) >= 11 is 0. The minimum Gasteiger partial charge on any atom is -0.463 e. The fourth-order valence-electron chi connectivity index (χ4n) is 2.15. The Morgan fingerprint density at radius 2 is 2.39 bits per heavy atom. The van der Waals surface area contributed by atoms with Gasteiger partial charge in [-0.25, -0.2) is 9.78 Å². The molecule has 1 saturated heterocycles. The van der Waals surface area contributed by atoms with Gasteiger partial charge in [0.1, 0.15) is 0 Å². The van der Waals surface area contributed by atoms with E-state index < -0.39 is 5.97 Å². The van der Waals surface area contributed by atoms with Crippen molar-refractivity contribution in [1.29, 1.82) is 0 Å². The van der Waals surface area contributed by atoms with Gasteiger partial charge in [-0.15, -0.1) is 0 Å². The van der Waals surface area contributed by atoms with Crippen LogP contribution < -0.4 is 0 Å². The molecule has 0 aliphatic carbocycles. The number of hydrogen-bond acceptors (Lipinski definition) is 5. The first kappa shape index (κ1) is 13.1. The van der Waals surface area contributed by atoms with Gasteiger partial charge in [-0.05, 0) is 19.3 Å². The molecule has 5 heteroatoms. The third-order valence-electron chi connectivity index (χ3n) is 3.03. The van der Waals surface area contributed by atoms with Gasteiger partial charge >= 0.3 is 5.97 Å². The van der Waals surface area contributed by atoms with Crippen LogP contribution in [0.1, 0.15) is 48.3 Å². The van der Waals surface area contributed by atoms with E-state index in [1.807, 2.05) is 6.92 Å². The molecular formula is C13H19NO4. The zero-order valence-electron chi connectivity index (χ0n) is 10.9. The van der Waals surface area contributed by atoms with Crippen molar-refractivity contribution >= 4 is 5.97 Å². The maximum Gasteiger partial charge on any atom is 0.375 e. The lowest BCUT2D eigenvalue weighted by atomic mass is 10.2. The van der Waals surface area contributed by atoms with Crippen LogP contribution in [0, 0.1) is 0 Å². The van der Waals surface area contributed by atoms with E-state index in [4.69, 9.17) is 13.9 Å². The molecule has 5 nitrogen and oxygen atoms in total. The first-order valence-electron chi connectivity index (χ1n) is 6.43. The van der Waals surface area contributed by atoms with E-state index in [2.05, 4.69) is 4.98 Å². The van der Waals surface area contributed by atoms with E-state index in [1.54, 1.807) is 0 Å². The fraction of sp³-hybridized carbons (Fsp3) is 0.692. The van der Waals surface area contributed by atoms with Crippen molar-refractivity contribution in [2.75, 3.05) is 13.7 Å². The summed E-state index contributed by atoms with van der Waals surface area (Å²) in [4.78, 5) is 16.0. The van der Waals surface area contributed by atoms with Crippen LogP contribution in [-0.4, -0.2) is 30.8 Å². The molecule has 0 bridgehead atoms. The number of aryl methyl sites for hydroxylation is 1. The number of esters is 1. The Labute approximate surface area is 106 Å². The van der Waals surface area contributed by atoms with Crippen LogP contribution in [-0.2, 0) is 22.3 Å². The number of aromatic nitrogens is 1. The highest BCUT2D eigenvalue weighted by atomic mass is 16.5. The minimum absolute atomic E-state index is 0.170. The number of carbonyl (C=O) groups is 1. The first-order chi connectivity index (χ1) is 8.74. The third-order valence-corrected chi connectivity index (χ3v) is 3.03. The molecule has 0 N–H and O–H groups in total. The standard InChI is InChI=1S/C13H19NO4/c1-3-5-10-12(13(15)16-2)18-11(14-10)8-9-6-4-7-17-9/h9H,3-8H2,1-2H3. The molecule has 1 aromatic heterocycles. The van der Waals surface area contributed by atoms with Gasteiger partial charge in [-0.1, -0.05) is 13.3 Å². The number of ether oxygens (including phenoxy) is 2. The predicted molar refractivity (Wildman–Crippen MR) is 64.5 cm³/mol. The van der Waals surface area contributed by atoms with Crippen LogP contribution in [0.4, 0.5) is 0 Å². The summed E-state index contributed by atoms with van der Waals surface area (Å²) in [7, 11) is 1.35. The van der Waals surface area contributed by atoms with Crippen molar-refractivity contribution in [3.05, 3.63) is 17.3 Å². The molecule has 0 aromatic carbocycles. The summed E-state index contributed by atoms with van der Waals surface area (Å²) < 4.78 is 15.8. The SMILES string of the molecule is CCCc1nc(CC2CCCO2)oc1C(=O)OC. The van der Waals surface area contributed by atoms with Crippen LogP contribution >= 0.6 is 0 Å². The number of hydrogen-bond donors (Lipinski definition) is 0. The summed E-state index contributed by atoms with van der Waals surface area (Å²) in [6, 6.07) is 0. The van der Waals surface area contributed by atoms with Crippen molar-refractivity contribution in [2.24, 2.45) is 0 Å². The van der Waals surface area contributed by atoms with E-state index in [0.29, 0.717) is 18.0 Å². The summed E-state index contributed by atoms with van der Waals surface area (Å²) in [6.07, 6.45) is 4.54. The molecule has 2 heterocycles. The van der Waals surface area contributed by atoms with Crippen LogP contribution in [0.5, 0.6) is 0 Å². The topological polar surface area (TPSA) is 61.6 Å². The van der Waals surface area contributed by atoms with Gasteiger partial charge in [-0.2, -0.15) is 0 Å². The Bertz CT molecular complexity index is 407. The first-order valence-corrected chi connectivity index (χ1v) is 6.43. The van der Waals surface area contributed by atoms with Crippen molar-refractivity contribution in [3.8, 4) is 0 Å². The fourth-order valence-corrected chi connectivity index (χ4v) is 2.15. The van der Waals surface area contributed by atoms with E-state index >= 15 is 0 Å². The van der Waals surface area contributed by atoms with E-state index in [9.17, 15) is 4.79 Å². The van der Waals surface area contributed by atoms with Gasteiger partial charge in [0.05, 0.1) is 25.3 Å². The highest BCUT2D eigenvalue weighted by molar-refractivity contribution is 5.87. The summed E-state index contributed by atoms with van der Waals surface area (Å²) in [5.74, 6) is 0.364. The van der Waals surface area contributed by atoms with Gasteiger partial charge in [0, 0.05) is 6.61 Å². The molecule has 0 radical (unpaired) electrons. The summed E-state index contributed by atoms with van der Waals surface area (Å²) in [5, 5.41) is 0. The van der Waals surface area contributed by atoms with Gasteiger partial charge in [-0.3, -0.25) is 0 Å². The Morgan fingerprint density at radius 3 is 3.00 bits per heavy atom. The van der Waals surface area contributed by atoms with Crippen LogP contribution in [0.2, 0.25) is 0 Å². The second kappa shape index (κ2) is 6.00. The number of carbonyl (C=O) groups excluding carboxylic acids is 1. The number of nitrogens with zero attached hydrogens (tertiary/aromatic N) is 1. The van der Waals surface area contributed by atoms with Crippen LogP contribution in [0.25, 0.3) is 0 Å². The Balaban J connectivity index is 2.13. The maximum atomic E-state index is 11.6. The Hall–Kier alpha value is -1.36. The van der Waals surface area contributed by atoms with Crippen molar-refractivity contribution < 1.29 is 18.7 Å². The molecular weight excluding hydrogens is 234 g/mol. The number of methoxy groups -OCH3 is 1. The molecule has 0 saturated carbocycles. The minimum atomic E-state index is -0.454. The summed E-state index contributed by atoms with van der Waals surface area (Å²) in [5.41, 5.74) is 0.692. The third kappa shape index (κ3) is 2.90. The summed E-state index contributed by atoms with van der Waals surface area (Å²) in [6.45, 7) is 2.84. The molecule has 1 aromatic rings. The van der Waals surface area contributed by atoms with Crippen molar-refractivity contribution in [1.82, 2.24) is 4.98 Å². The lowest BCUT2D eigenvalue weighted by Gasteiger charge is -2.04. The van der Waals surface area contributed by atoms with E-state index in [1.165, 1.54) is 7.11 Å². The molecule has 1 aliphatic rings. The van der Waals surface area contributed by atoms with E-state index in [0.717, 1.165) is 32.3 Å². The molecule has 18 heavy (non-hydrogen) atoms. The molecule has 1 fully saturated rings. The van der Waals surface area contributed by atoms with Crippen molar-refractivity contribution in [3.63, 3.8) is 0 Å². The highest BCUT2D eigenvalue weighted by Gasteiger charge is 2.23. The highest BCUT2D eigenvalue weighted by Crippen LogP contribution is 2.20. The maximum absolute atomic E-state index is 11.6. The van der Waals surface area contributed by atoms with Gasteiger partial charge < -0.3 is 13.9 Å². The monoisotopic (exact) mass is 253 g/mol. The van der Waals surface area contributed by atoms with Crippen molar-refractivity contribution in [2.45, 2.75) is 45.1 Å².